The first-order valence-corrected chi connectivity index (χ1v) is 7.11. The topological polar surface area (TPSA) is 92.4 Å². The maximum Gasteiger partial charge on any atom is 0.326 e. The minimum absolute atomic E-state index is 0.0390. The second kappa shape index (κ2) is 5.63. The summed E-state index contributed by atoms with van der Waals surface area (Å²) < 4.78 is 5.27. The van der Waals surface area contributed by atoms with Crippen LogP contribution in [0, 0.1) is 12.8 Å². The van der Waals surface area contributed by atoms with E-state index in [1.54, 1.807) is 37.5 Å². The Kier molecular flexibility index (Phi) is 3.66. The number of pyridine rings is 1. The highest BCUT2D eigenvalue weighted by Gasteiger charge is 2.37. The number of carboxylic acid groups (broad SMARTS) is 1. The van der Waals surface area contributed by atoms with Crippen LogP contribution in [-0.4, -0.2) is 28.0 Å². The first-order chi connectivity index (χ1) is 10.6. The summed E-state index contributed by atoms with van der Waals surface area (Å²) in [6, 6.07) is 6.06. The number of nitrogens with zero attached hydrogens (tertiary/aromatic N) is 1. The van der Waals surface area contributed by atoms with Gasteiger partial charge in [-0.1, -0.05) is 0 Å². The van der Waals surface area contributed by atoms with Crippen molar-refractivity contribution in [3.05, 3.63) is 41.8 Å². The van der Waals surface area contributed by atoms with Crippen LogP contribution >= 0.6 is 0 Å². The van der Waals surface area contributed by atoms with Crippen LogP contribution in [0.4, 0.5) is 0 Å². The Morgan fingerprint density at radius 2 is 2.14 bits per heavy atom. The van der Waals surface area contributed by atoms with Crippen molar-refractivity contribution in [2.45, 2.75) is 25.8 Å². The lowest BCUT2D eigenvalue weighted by molar-refractivity contribution is -0.139. The predicted molar refractivity (Wildman–Crippen MR) is 78.3 cm³/mol. The van der Waals surface area contributed by atoms with Crippen molar-refractivity contribution in [3.8, 4) is 11.5 Å². The quantitative estimate of drug-likeness (QED) is 0.883. The Morgan fingerprint density at radius 1 is 1.36 bits per heavy atom. The fourth-order valence-electron chi connectivity index (χ4n) is 2.39. The largest absolute Gasteiger partial charge is 0.480 e. The van der Waals surface area contributed by atoms with Crippen molar-refractivity contribution in [1.82, 2.24) is 10.3 Å². The predicted octanol–water partition coefficient (Wildman–Crippen LogP) is 2.24. The number of furan rings is 1. The van der Waals surface area contributed by atoms with Crippen molar-refractivity contribution in [3.63, 3.8) is 0 Å². The lowest BCUT2D eigenvalue weighted by atomic mass is 10.1. The molecule has 0 radical (unpaired) electrons. The molecule has 1 amide bonds. The SMILES string of the molecule is Cc1nc(-c2ccco2)ccc1C(=O)NC(C(=O)O)C1CC1. The molecule has 2 aromatic heterocycles. The number of hydrogen-bond acceptors (Lipinski definition) is 4. The lowest BCUT2D eigenvalue weighted by Crippen LogP contribution is -2.42. The second-order valence-corrected chi connectivity index (χ2v) is 5.43. The van der Waals surface area contributed by atoms with E-state index in [2.05, 4.69) is 10.3 Å². The molecule has 2 heterocycles. The number of carboxylic acids is 1. The highest BCUT2D eigenvalue weighted by Crippen LogP contribution is 2.33. The zero-order valence-electron chi connectivity index (χ0n) is 12.1. The van der Waals surface area contributed by atoms with Crippen LogP contribution < -0.4 is 5.32 Å². The van der Waals surface area contributed by atoms with E-state index in [-0.39, 0.29) is 5.92 Å². The van der Waals surface area contributed by atoms with E-state index < -0.39 is 17.9 Å². The average Bonchev–Trinajstić information content (AvgIpc) is 3.17. The van der Waals surface area contributed by atoms with Crippen molar-refractivity contribution < 1.29 is 19.1 Å². The van der Waals surface area contributed by atoms with Gasteiger partial charge in [0.05, 0.1) is 17.5 Å². The Balaban J connectivity index is 1.79. The van der Waals surface area contributed by atoms with Gasteiger partial charge in [-0.3, -0.25) is 4.79 Å². The maximum absolute atomic E-state index is 12.3. The summed E-state index contributed by atoms with van der Waals surface area (Å²) in [5, 5.41) is 11.8. The molecule has 3 rings (SSSR count). The third-order valence-electron chi connectivity index (χ3n) is 3.75. The molecule has 2 aromatic rings. The van der Waals surface area contributed by atoms with Gasteiger partial charge < -0.3 is 14.8 Å². The van der Waals surface area contributed by atoms with E-state index in [1.807, 2.05) is 0 Å². The smallest absolute Gasteiger partial charge is 0.326 e. The van der Waals surface area contributed by atoms with Crippen LogP contribution in [0.3, 0.4) is 0 Å². The van der Waals surface area contributed by atoms with Gasteiger partial charge in [0.2, 0.25) is 0 Å². The molecule has 1 unspecified atom stereocenters. The Hall–Kier alpha value is -2.63. The summed E-state index contributed by atoms with van der Waals surface area (Å²) in [5.41, 5.74) is 1.55. The summed E-state index contributed by atoms with van der Waals surface area (Å²) >= 11 is 0. The number of aliphatic carboxylic acids is 1. The van der Waals surface area contributed by atoms with Crippen molar-refractivity contribution in [2.24, 2.45) is 5.92 Å². The van der Waals surface area contributed by atoms with E-state index in [4.69, 9.17) is 4.42 Å². The summed E-state index contributed by atoms with van der Waals surface area (Å²) in [5.74, 6) is -0.738. The first kappa shape index (κ1) is 14.3. The number of carbonyl (C=O) groups is 2. The number of nitrogens with one attached hydrogen (secondary N) is 1. The van der Waals surface area contributed by atoms with Crippen LogP contribution in [-0.2, 0) is 4.79 Å². The molecule has 114 valence electrons. The molecule has 0 aromatic carbocycles. The van der Waals surface area contributed by atoms with Gasteiger partial charge in [0.15, 0.2) is 5.76 Å². The number of carbonyl (C=O) groups excluding carboxylic acids is 1. The van der Waals surface area contributed by atoms with E-state index in [0.29, 0.717) is 22.7 Å². The normalized spacial score (nSPS) is 15.3. The van der Waals surface area contributed by atoms with E-state index in [0.717, 1.165) is 12.8 Å². The van der Waals surface area contributed by atoms with Gasteiger partial charge in [0, 0.05) is 0 Å². The number of aryl methyl sites for hydroxylation is 1. The zero-order valence-corrected chi connectivity index (χ0v) is 12.1. The molecule has 1 aliphatic carbocycles. The average molecular weight is 300 g/mol. The number of hydrogen-bond donors (Lipinski definition) is 2. The fourth-order valence-corrected chi connectivity index (χ4v) is 2.39. The van der Waals surface area contributed by atoms with E-state index in [9.17, 15) is 14.7 Å². The molecule has 6 heteroatoms. The van der Waals surface area contributed by atoms with Crippen LogP contribution in [0.2, 0.25) is 0 Å². The summed E-state index contributed by atoms with van der Waals surface area (Å²) in [4.78, 5) is 27.8. The minimum Gasteiger partial charge on any atom is -0.480 e. The summed E-state index contributed by atoms with van der Waals surface area (Å²) in [7, 11) is 0. The Labute approximate surface area is 127 Å². The Morgan fingerprint density at radius 3 is 2.68 bits per heavy atom. The monoisotopic (exact) mass is 300 g/mol. The zero-order chi connectivity index (χ0) is 15.7. The van der Waals surface area contributed by atoms with Gasteiger partial charge in [0.1, 0.15) is 11.7 Å². The number of aromatic nitrogens is 1. The van der Waals surface area contributed by atoms with Crippen molar-refractivity contribution >= 4 is 11.9 Å². The van der Waals surface area contributed by atoms with Crippen molar-refractivity contribution in [2.75, 3.05) is 0 Å². The molecule has 0 aliphatic heterocycles. The highest BCUT2D eigenvalue weighted by molar-refractivity contribution is 5.97. The Bertz CT molecular complexity index is 705. The van der Waals surface area contributed by atoms with Gasteiger partial charge in [-0.15, -0.1) is 0 Å². The molecular formula is C16H16N2O4. The highest BCUT2D eigenvalue weighted by atomic mass is 16.4. The molecule has 22 heavy (non-hydrogen) atoms. The second-order valence-electron chi connectivity index (χ2n) is 5.43. The molecule has 1 atom stereocenters. The minimum atomic E-state index is -0.992. The van der Waals surface area contributed by atoms with Gasteiger partial charge in [0.25, 0.3) is 5.91 Å². The fraction of sp³-hybridized carbons (Fsp3) is 0.312. The number of amides is 1. The van der Waals surface area contributed by atoms with Gasteiger partial charge in [-0.25, -0.2) is 9.78 Å². The molecule has 1 aliphatic rings. The van der Waals surface area contributed by atoms with E-state index in [1.165, 1.54) is 0 Å². The standard InChI is InChI=1S/C16H16N2O4/c1-9-11(6-7-12(17-9)13-3-2-8-22-13)15(19)18-14(16(20)21)10-4-5-10/h2-3,6-8,10,14H,4-5H2,1H3,(H,18,19)(H,20,21). The lowest BCUT2D eigenvalue weighted by Gasteiger charge is -2.14. The summed E-state index contributed by atoms with van der Waals surface area (Å²) in [6.07, 6.45) is 3.23. The van der Waals surface area contributed by atoms with Gasteiger partial charge >= 0.3 is 5.97 Å². The third-order valence-corrected chi connectivity index (χ3v) is 3.75. The maximum atomic E-state index is 12.3. The van der Waals surface area contributed by atoms with Gasteiger partial charge in [-0.05, 0) is 49.9 Å². The molecule has 0 spiro atoms. The van der Waals surface area contributed by atoms with Gasteiger partial charge in [-0.2, -0.15) is 0 Å². The molecule has 1 fully saturated rings. The molecule has 1 saturated carbocycles. The van der Waals surface area contributed by atoms with Crippen LogP contribution in [0.15, 0.2) is 34.9 Å². The summed E-state index contributed by atoms with van der Waals surface area (Å²) in [6.45, 7) is 1.72. The number of rotatable bonds is 5. The molecule has 6 nitrogen and oxygen atoms in total. The van der Waals surface area contributed by atoms with Crippen LogP contribution in [0.25, 0.3) is 11.5 Å². The van der Waals surface area contributed by atoms with E-state index >= 15 is 0 Å². The molecular weight excluding hydrogens is 284 g/mol. The van der Waals surface area contributed by atoms with Crippen LogP contribution in [0.1, 0.15) is 28.9 Å². The first-order valence-electron chi connectivity index (χ1n) is 7.11. The van der Waals surface area contributed by atoms with Crippen molar-refractivity contribution in [1.29, 1.82) is 0 Å². The molecule has 2 N–H and O–H groups in total. The molecule has 0 bridgehead atoms. The third kappa shape index (κ3) is 2.86. The van der Waals surface area contributed by atoms with Crippen LogP contribution in [0.5, 0.6) is 0 Å². The molecule has 0 saturated heterocycles.